The Labute approximate surface area is 115 Å². The highest BCUT2D eigenvalue weighted by Gasteiger charge is 2.13. The van der Waals surface area contributed by atoms with Crippen LogP contribution in [0.2, 0.25) is 5.02 Å². The van der Waals surface area contributed by atoms with Gasteiger partial charge in [0.1, 0.15) is 0 Å². The second-order valence-electron chi connectivity index (χ2n) is 3.75. The van der Waals surface area contributed by atoms with E-state index in [0.29, 0.717) is 11.8 Å². The molecule has 1 unspecified atom stereocenters. The molecule has 1 heterocycles. The third-order valence-electron chi connectivity index (χ3n) is 2.37. The maximum atomic E-state index is 5.98. The summed E-state index contributed by atoms with van der Waals surface area (Å²) < 4.78 is 0. The normalized spacial score (nSPS) is 12.6. The SMILES string of the molecule is Cc1ccc(C(CN)Sc2cccc(Cl)c2)s1. The molecule has 0 aliphatic carbocycles. The molecule has 0 saturated heterocycles. The van der Waals surface area contributed by atoms with E-state index in [0.717, 1.165) is 5.02 Å². The Morgan fingerprint density at radius 1 is 1.35 bits per heavy atom. The van der Waals surface area contributed by atoms with E-state index in [2.05, 4.69) is 25.1 Å². The van der Waals surface area contributed by atoms with Crippen LogP contribution in [0.1, 0.15) is 15.0 Å². The lowest BCUT2D eigenvalue weighted by Crippen LogP contribution is -2.07. The predicted octanol–water partition coefficient (Wildman–Crippen LogP) is 4.50. The number of benzene rings is 1. The Bertz CT molecular complexity index is 496. The molecule has 0 bridgehead atoms. The van der Waals surface area contributed by atoms with E-state index in [1.165, 1.54) is 14.6 Å². The molecule has 2 aromatic rings. The van der Waals surface area contributed by atoms with Crippen LogP contribution in [0.4, 0.5) is 0 Å². The monoisotopic (exact) mass is 283 g/mol. The second-order valence-corrected chi connectivity index (χ2v) is 6.78. The third kappa shape index (κ3) is 3.49. The van der Waals surface area contributed by atoms with Crippen LogP contribution in [-0.2, 0) is 0 Å². The van der Waals surface area contributed by atoms with Crippen LogP contribution in [0.5, 0.6) is 0 Å². The molecule has 2 rings (SSSR count). The number of rotatable bonds is 4. The Morgan fingerprint density at radius 3 is 2.76 bits per heavy atom. The van der Waals surface area contributed by atoms with Crippen LogP contribution < -0.4 is 5.73 Å². The zero-order chi connectivity index (χ0) is 12.3. The summed E-state index contributed by atoms with van der Waals surface area (Å²) in [6.45, 7) is 2.75. The molecular weight excluding hydrogens is 270 g/mol. The average Bonchev–Trinajstić information content (AvgIpc) is 2.73. The quantitative estimate of drug-likeness (QED) is 0.836. The van der Waals surface area contributed by atoms with Gasteiger partial charge in [-0.15, -0.1) is 23.1 Å². The highest BCUT2D eigenvalue weighted by atomic mass is 35.5. The Hall–Kier alpha value is -0.480. The number of hydrogen-bond donors (Lipinski definition) is 1. The van der Waals surface area contributed by atoms with E-state index in [9.17, 15) is 0 Å². The van der Waals surface area contributed by atoms with Crippen LogP contribution >= 0.6 is 34.7 Å². The molecule has 0 spiro atoms. The van der Waals surface area contributed by atoms with E-state index in [1.807, 2.05) is 29.5 Å². The van der Waals surface area contributed by atoms with Crippen molar-refractivity contribution < 1.29 is 0 Å². The van der Waals surface area contributed by atoms with Gasteiger partial charge in [-0.3, -0.25) is 0 Å². The lowest BCUT2D eigenvalue weighted by atomic mass is 10.3. The smallest absolute Gasteiger partial charge is 0.0560 e. The topological polar surface area (TPSA) is 26.0 Å². The van der Waals surface area contributed by atoms with Gasteiger partial charge in [-0.25, -0.2) is 0 Å². The minimum absolute atomic E-state index is 0.312. The Morgan fingerprint density at radius 2 is 2.18 bits per heavy atom. The van der Waals surface area contributed by atoms with Crippen molar-refractivity contribution >= 4 is 34.7 Å². The molecule has 0 radical (unpaired) electrons. The van der Waals surface area contributed by atoms with Crippen molar-refractivity contribution in [3.8, 4) is 0 Å². The van der Waals surface area contributed by atoms with Crippen LogP contribution in [0.15, 0.2) is 41.3 Å². The fraction of sp³-hybridized carbons (Fsp3) is 0.231. The van der Waals surface area contributed by atoms with Crippen molar-refractivity contribution in [3.63, 3.8) is 0 Å². The third-order valence-corrected chi connectivity index (χ3v) is 5.12. The maximum absolute atomic E-state index is 5.98. The molecule has 0 amide bonds. The molecule has 1 atom stereocenters. The molecule has 90 valence electrons. The molecular formula is C13H14ClNS2. The minimum Gasteiger partial charge on any atom is -0.329 e. The summed E-state index contributed by atoms with van der Waals surface area (Å²) in [5.74, 6) is 0. The zero-order valence-electron chi connectivity index (χ0n) is 9.52. The predicted molar refractivity (Wildman–Crippen MR) is 78.2 cm³/mol. The maximum Gasteiger partial charge on any atom is 0.0560 e. The summed E-state index contributed by atoms with van der Waals surface area (Å²) in [6, 6.07) is 12.2. The number of nitrogens with two attached hydrogens (primary N) is 1. The fourth-order valence-electron chi connectivity index (χ4n) is 1.55. The van der Waals surface area contributed by atoms with Gasteiger partial charge in [0.25, 0.3) is 0 Å². The van der Waals surface area contributed by atoms with Gasteiger partial charge in [0.15, 0.2) is 0 Å². The summed E-state index contributed by atoms with van der Waals surface area (Å²) in [5.41, 5.74) is 5.85. The first-order valence-corrected chi connectivity index (χ1v) is 7.45. The molecule has 2 N–H and O–H groups in total. The summed E-state index contributed by atoms with van der Waals surface area (Å²) in [7, 11) is 0. The molecule has 17 heavy (non-hydrogen) atoms. The van der Waals surface area contributed by atoms with Crippen molar-refractivity contribution in [1.82, 2.24) is 0 Å². The molecule has 1 nitrogen and oxygen atoms in total. The van der Waals surface area contributed by atoms with Gasteiger partial charge >= 0.3 is 0 Å². The highest BCUT2D eigenvalue weighted by molar-refractivity contribution is 7.99. The molecule has 0 aliphatic heterocycles. The Balaban J connectivity index is 2.15. The summed E-state index contributed by atoms with van der Waals surface area (Å²) in [5, 5.41) is 1.08. The fourth-order valence-corrected chi connectivity index (χ4v) is 3.94. The first-order chi connectivity index (χ1) is 8.19. The number of hydrogen-bond acceptors (Lipinski definition) is 3. The molecule has 1 aromatic heterocycles. The number of thiophene rings is 1. The van der Waals surface area contributed by atoms with Crippen LogP contribution in [0, 0.1) is 6.92 Å². The van der Waals surface area contributed by atoms with Crippen molar-refractivity contribution in [1.29, 1.82) is 0 Å². The van der Waals surface area contributed by atoms with E-state index >= 15 is 0 Å². The first kappa shape index (κ1) is 13.0. The molecule has 0 aliphatic rings. The Kier molecular flexibility index (Phi) is 4.51. The van der Waals surface area contributed by atoms with Gasteiger partial charge in [0.2, 0.25) is 0 Å². The largest absolute Gasteiger partial charge is 0.329 e. The van der Waals surface area contributed by atoms with Gasteiger partial charge in [-0.2, -0.15) is 0 Å². The van der Waals surface area contributed by atoms with Gasteiger partial charge in [0.05, 0.1) is 5.25 Å². The molecule has 4 heteroatoms. The second kappa shape index (κ2) is 5.91. The van der Waals surface area contributed by atoms with Gasteiger partial charge in [-0.1, -0.05) is 17.7 Å². The lowest BCUT2D eigenvalue weighted by Gasteiger charge is -2.12. The van der Waals surface area contributed by atoms with E-state index in [4.69, 9.17) is 17.3 Å². The minimum atomic E-state index is 0.312. The van der Waals surface area contributed by atoms with Crippen molar-refractivity contribution in [3.05, 3.63) is 51.2 Å². The van der Waals surface area contributed by atoms with E-state index in [-0.39, 0.29) is 0 Å². The summed E-state index contributed by atoms with van der Waals surface area (Å²) in [6.07, 6.45) is 0. The molecule has 0 fully saturated rings. The highest BCUT2D eigenvalue weighted by Crippen LogP contribution is 2.38. The number of aryl methyl sites for hydroxylation is 1. The average molecular weight is 284 g/mol. The van der Waals surface area contributed by atoms with Gasteiger partial charge < -0.3 is 5.73 Å². The molecule has 0 saturated carbocycles. The first-order valence-electron chi connectivity index (χ1n) is 5.37. The van der Waals surface area contributed by atoms with Crippen molar-refractivity contribution in [2.75, 3.05) is 6.54 Å². The zero-order valence-corrected chi connectivity index (χ0v) is 11.9. The van der Waals surface area contributed by atoms with Crippen molar-refractivity contribution in [2.45, 2.75) is 17.1 Å². The molecule has 1 aromatic carbocycles. The van der Waals surface area contributed by atoms with Crippen molar-refractivity contribution in [2.24, 2.45) is 5.73 Å². The van der Waals surface area contributed by atoms with Crippen LogP contribution in [-0.4, -0.2) is 6.54 Å². The van der Waals surface area contributed by atoms with Crippen LogP contribution in [0.25, 0.3) is 0 Å². The number of halogens is 1. The van der Waals surface area contributed by atoms with Gasteiger partial charge in [0, 0.05) is 26.2 Å². The standard InChI is InChI=1S/C13H14ClNS2/c1-9-5-6-12(16-9)13(8-15)17-11-4-2-3-10(14)7-11/h2-7,13H,8,15H2,1H3. The van der Waals surface area contributed by atoms with Gasteiger partial charge in [-0.05, 0) is 37.3 Å². The van der Waals surface area contributed by atoms with Crippen LogP contribution in [0.3, 0.4) is 0 Å². The van der Waals surface area contributed by atoms with E-state index in [1.54, 1.807) is 11.8 Å². The van der Waals surface area contributed by atoms with E-state index < -0.39 is 0 Å². The lowest BCUT2D eigenvalue weighted by molar-refractivity contribution is 0.960. The number of thioether (sulfide) groups is 1. The summed E-state index contributed by atoms with van der Waals surface area (Å²) >= 11 is 9.56. The summed E-state index contributed by atoms with van der Waals surface area (Å²) in [4.78, 5) is 3.82.